The van der Waals surface area contributed by atoms with E-state index < -0.39 is 5.82 Å². The Hall–Kier alpha value is -0.380. The first kappa shape index (κ1) is 11.1. The highest BCUT2D eigenvalue weighted by Crippen LogP contribution is 2.29. The fourth-order valence-corrected chi connectivity index (χ4v) is 2.22. The summed E-state index contributed by atoms with van der Waals surface area (Å²) in [7, 11) is 0. The van der Waals surface area contributed by atoms with Crippen LogP contribution in [0.3, 0.4) is 0 Å². The Labute approximate surface area is 104 Å². The Bertz CT molecular complexity index is 530. The van der Waals surface area contributed by atoms with Gasteiger partial charge in [-0.1, -0.05) is 27.5 Å². The van der Waals surface area contributed by atoms with Gasteiger partial charge in [-0.15, -0.1) is 11.6 Å². The molecule has 0 aliphatic rings. The number of alkyl halides is 1. The third-order valence-electron chi connectivity index (χ3n) is 2.05. The second kappa shape index (κ2) is 4.24. The SMILES string of the molecule is Fc1ccc(Br)c2cc(CCl)c(Cl)nc12. The van der Waals surface area contributed by atoms with Gasteiger partial charge in [-0.25, -0.2) is 9.37 Å². The molecule has 2 aromatic rings. The number of fused-ring (bicyclic) bond motifs is 1. The summed E-state index contributed by atoms with van der Waals surface area (Å²) in [6.07, 6.45) is 0. The molecule has 1 nitrogen and oxygen atoms in total. The molecule has 0 saturated carbocycles. The number of hydrogen-bond acceptors (Lipinski definition) is 1. The molecule has 15 heavy (non-hydrogen) atoms. The largest absolute Gasteiger partial charge is 0.233 e. The average molecular weight is 309 g/mol. The van der Waals surface area contributed by atoms with Crippen LogP contribution in [-0.4, -0.2) is 4.98 Å². The molecule has 0 saturated heterocycles. The number of aromatic nitrogens is 1. The van der Waals surface area contributed by atoms with Crippen LogP contribution < -0.4 is 0 Å². The van der Waals surface area contributed by atoms with Gasteiger partial charge in [0.15, 0.2) is 0 Å². The molecule has 1 aromatic heterocycles. The lowest BCUT2D eigenvalue weighted by atomic mass is 10.2. The van der Waals surface area contributed by atoms with Crippen molar-refractivity contribution in [1.82, 2.24) is 4.98 Å². The average Bonchev–Trinajstić information content (AvgIpc) is 2.23. The molecule has 0 N–H and O–H groups in total. The van der Waals surface area contributed by atoms with E-state index in [9.17, 15) is 4.39 Å². The lowest BCUT2D eigenvalue weighted by Crippen LogP contribution is -1.90. The van der Waals surface area contributed by atoms with Gasteiger partial charge < -0.3 is 0 Å². The normalized spacial score (nSPS) is 10.9. The van der Waals surface area contributed by atoms with E-state index in [1.807, 2.05) is 0 Å². The molecule has 2 rings (SSSR count). The second-order valence-electron chi connectivity index (χ2n) is 3.00. The van der Waals surface area contributed by atoms with Gasteiger partial charge in [0, 0.05) is 15.4 Å². The van der Waals surface area contributed by atoms with Crippen LogP contribution in [0.5, 0.6) is 0 Å². The van der Waals surface area contributed by atoms with Crippen LogP contribution in [0, 0.1) is 5.82 Å². The standard InChI is InChI=1S/C10H5BrCl2FN/c11-7-1-2-8(14)9-6(7)3-5(4-12)10(13)15-9/h1-3H,4H2. The summed E-state index contributed by atoms with van der Waals surface area (Å²) in [4.78, 5) is 3.98. The summed E-state index contributed by atoms with van der Waals surface area (Å²) in [5.74, 6) is -0.138. The van der Waals surface area contributed by atoms with Crippen LogP contribution >= 0.6 is 39.1 Å². The molecule has 1 heterocycles. The van der Waals surface area contributed by atoms with Crippen molar-refractivity contribution in [1.29, 1.82) is 0 Å². The minimum atomic E-state index is -0.392. The van der Waals surface area contributed by atoms with Crippen LogP contribution in [0.4, 0.5) is 4.39 Å². The highest BCUT2D eigenvalue weighted by molar-refractivity contribution is 9.10. The van der Waals surface area contributed by atoms with Crippen molar-refractivity contribution >= 4 is 50.0 Å². The van der Waals surface area contributed by atoms with Crippen LogP contribution in [0.2, 0.25) is 5.15 Å². The zero-order valence-electron chi connectivity index (χ0n) is 7.40. The van der Waals surface area contributed by atoms with Crippen molar-refractivity contribution in [3.63, 3.8) is 0 Å². The van der Waals surface area contributed by atoms with Gasteiger partial charge in [0.05, 0.1) is 5.88 Å². The Morgan fingerprint density at radius 1 is 1.40 bits per heavy atom. The summed E-state index contributed by atoms with van der Waals surface area (Å²) in [5, 5.41) is 0.921. The quantitative estimate of drug-likeness (QED) is 0.557. The number of benzene rings is 1. The van der Waals surface area contributed by atoms with Crippen molar-refractivity contribution in [3.05, 3.63) is 39.2 Å². The summed E-state index contributed by atoms with van der Waals surface area (Å²) < 4.78 is 14.2. The first-order valence-corrected chi connectivity index (χ1v) is 5.83. The maximum absolute atomic E-state index is 13.4. The minimum absolute atomic E-state index is 0.245. The van der Waals surface area contributed by atoms with Gasteiger partial charge in [0.2, 0.25) is 0 Å². The predicted molar refractivity (Wildman–Crippen MR) is 64.0 cm³/mol. The van der Waals surface area contributed by atoms with Crippen molar-refractivity contribution in [2.24, 2.45) is 0 Å². The van der Waals surface area contributed by atoms with Crippen LogP contribution in [-0.2, 0) is 5.88 Å². The monoisotopic (exact) mass is 307 g/mol. The van der Waals surface area contributed by atoms with Gasteiger partial charge in [0.25, 0.3) is 0 Å². The van der Waals surface area contributed by atoms with E-state index in [4.69, 9.17) is 23.2 Å². The Morgan fingerprint density at radius 2 is 2.13 bits per heavy atom. The van der Waals surface area contributed by atoms with E-state index in [-0.39, 0.29) is 16.5 Å². The molecule has 5 heteroatoms. The summed E-state index contributed by atoms with van der Waals surface area (Å²) in [6.45, 7) is 0. The number of pyridine rings is 1. The highest BCUT2D eigenvalue weighted by atomic mass is 79.9. The van der Waals surface area contributed by atoms with Crippen molar-refractivity contribution in [2.45, 2.75) is 5.88 Å². The molecule has 1 aromatic carbocycles. The molecule has 0 spiro atoms. The van der Waals surface area contributed by atoms with Gasteiger partial charge in [-0.2, -0.15) is 0 Å². The lowest BCUT2D eigenvalue weighted by Gasteiger charge is -2.05. The molecule has 0 amide bonds. The van der Waals surface area contributed by atoms with Crippen molar-refractivity contribution < 1.29 is 4.39 Å². The fraction of sp³-hybridized carbons (Fsp3) is 0.100. The van der Waals surface area contributed by atoms with E-state index >= 15 is 0 Å². The highest BCUT2D eigenvalue weighted by Gasteiger charge is 2.10. The van der Waals surface area contributed by atoms with Gasteiger partial charge in [-0.3, -0.25) is 0 Å². The topological polar surface area (TPSA) is 12.9 Å². The maximum Gasteiger partial charge on any atom is 0.149 e. The van der Waals surface area contributed by atoms with Crippen LogP contribution in [0.25, 0.3) is 10.9 Å². The van der Waals surface area contributed by atoms with Crippen LogP contribution in [0.1, 0.15) is 5.56 Å². The summed E-state index contributed by atoms with van der Waals surface area (Å²) >= 11 is 14.9. The Balaban J connectivity index is 2.86. The molecule has 78 valence electrons. The summed E-state index contributed by atoms with van der Waals surface area (Å²) in [5.41, 5.74) is 0.945. The Kier molecular flexibility index (Phi) is 3.14. The van der Waals surface area contributed by atoms with Crippen LogP contribution in [0.15, 0.2) is 22.7 Å². The van der Waals surface area contributed by atoms with E-state index in [2.05, 4.69) is 20.9 Å². The zero-order valence-corrected chi connectivity index (χ0v) is 10.5. The third kappa shape index (κ3) is 1.96. The maximum atomic E-state index is 13.4. The van der Waals surface area contributed by atoms with E-state index in [0.29, 0.717) is 10.9 Å². The van der Waals surface area contributed by atoms with Crippen molar-refractivity contribution in [3.8, 4) is 0 Å². The molecular formula is C10H5BrCl2FN. The van der Waals surface area contributed by atoms with E-state index in [1.54, 1.807) is 12.1 Å². The molecule has 0 aliphatic heterocycles. The fourth-order valence-electron chi connectivity index (χ4n) is 1.31. The summed E-state index contributed by atoms with van der Waals surface area (Å²) in [6, 6.07) is 4.71. The van der Waals surface area contributed by atoms with Gasteiger partial charge >= 0.3 is 0 Å². The molecule has 0 fully saturated rings. The smallest absolute Gasteiger partial charge is 0.149 e. The molecular weight excluding hydrogens is 304 g/mol. The molecule has 0 aliphatic carbocycles. The Morgan fingerprint density at radius 3 is 2.80 bits per heavy atom. The molecule has 0 unspecified atom stereocenters. The molecule has 0 radical (unpaired) electrons. The minimum Gasteiger partial charge on any atom is -0.233 e. The number of rotatable bonds is 1. The lowest BCUT2D eigenvalue weighted by molar-refractivity contribution is 0.636. The predicted octanol–water partition coefficient (Wildman–Crippen LogP) is 4.53. The number of hydrogen-bond donors (Lipinski definition) is 0. The molecule has 0 bridgehead atoms. The number of halogens is 4. The first-order valence-electron chi connectivity index (χ1n) is 4.12. The second-order valence-corrected chi connectivity index (χ2v) is 4.48. The van der Waals surface area contributed by atoms with Gasteiger partial charge in [0.1, 0.15) is 16.5 Å². The number of nitrogens with zero attached hydrogens (tertiary/aromatic N) is 1. The third-order valence-corrected chi connectivity index (χ3v) is 3.36. The van der Waals surface area contributed by atoms with E-state index in [0.717, 1.165) is 4.47 Å². The first-order chi connectivity index (χ1) is 7.13. The van der Waals surface area contributed by atoms with Crippen molar-refractivity contribution in [2.75, 3.05) is 0 Å². The van der Waals surface area contributed by atoms with E-state index in [1.165, 1.54) is 6.07 Å². The molecule has 0 atom stereocenters. The van der Waals surface area contributed by atoms with Gasteiger partial charge in [-0.05, 0) is 18.2 Å². The zero-order chi connectivity index (χ0) is 11.0.